The lowest BCUT2D eigenvalue weighted by atomic mass is 9.68. The first-order valence-electron chi connectivity index (χ1n) is 16.5. The van der Waals surface area contributed by atoms with Crippen molar-refractivity contribution < 1.29 is 14.4 Å². The molecular weight excluding hydrogens is 724 g/mol. The molecule has 5 aromatic carbocycles. The van der Waals surface area contributed by atoms with Crippen LogP contribution in [0.2, 0.25) is 20.1 Å². The molecule has 0 radical (unpaired) electrons. The minimum absolute atomic E-state index is 0.0267. The fourth-order valence-electron chi connectivity index (χ4n) is 7.19. The summed E-state index contributed by atoms with van der Waals surface area (Å²) in [5.41, 5.74) is 4.70. The normalized spacial score (nSPS) is 24.2. The van der Waals surface area contributed by atoms with Gasteiger partial charge >= 0.3 is 5.79 Å². The average Bonchev–Trinajstić information content (AvgIpc) is 3.77. The predicted octanol–water partition coefficient (Wildman–Crippen LogP) is 10.8. The van der Waals surface area contributed by atoms with Crippen molar-refractivity contribution in [3.05, 3.63) is 181 Å². The van der Waals surface area contributed by atoms with E-state index in [2.05, 4.69) is 47.3 Å². The van der Waals surface area contributed by atoms with E-state index in [1.807, 2.05) is 91.0 Å². The Hall–Kier alpha value is -4.30. The molecule has 0 amide bonds. The van der Waals surface area contributed by atoms with Crippen molar-refractivity contribution in [3.8, 4) is 0 Å². The van der Waals surface area contributed by atoms with Crippen LogP contribution >= 0.6 is 46.4 Å². The van der Waals surface area contributed by atoms with Crippen LogP contribution in [-0.2, 0) is 14.4 Å². The van der Waals surface area contributed by atoms with Gasteiger partial charge in [-0.25, -0.2) is 0 Å². The number of likely N-dealkylation sites (tertiary alicyclic amines) is 1. The largest absolute Gasteiger partial charge is 0.422 e. The molecule has 0 N–H and O–H groups in total. The molecule has 5 aromatic rings. The Bertz CT molecular complexity index is 2140. The summed E-state index contributed by atoms with van der Waals surface area (Å²) in [5.74, 6) is -1.79. The zero-order chi connectivity index (χ0) is 35.2. The predicted molar refractivity (Wildman–Crippen MR) is 205 cm³/mol. The Kier molecular flexibility index (Phi) is 9.07. The van der Waals surface area contributed by atoms with Crippen LogP contribution in [0.3, 0.4) is 0 Å². The van der Waals surface area contributed by atoms with Gasteiger partial charge in [0.05, 0.1) is 18.2 Å². The molecule has 0 bridgehead atoms. The molecule has 51 heavy (non-hydrogen) atoms. The Balaban J connectivity index is 1.36. The van der Waals surface area contributed by atoms with Crippen molar-refractivity contribution in [3.63, 3.8) is 0 Å². The SMILES string of the molecule is C[C@H](c1ccccc1)N1C/C(=C\c2ccc(Cl)cc2)[C@@]2(ON=C(c3ccc(Cl)cc3)O2)[C@@]2(C1)ON=C(c1ccc(Cl)cc1)[C@@H]2c1ccc(Cl)cc1. The summed E-state index contributed by atoms with van der Waals surface area (Å²) in [6.07, 6.45) is 2.07. The van der Waals surface area contributed by atoms with E-state index in [1.54, 1.807) is 12.1 Å². The maximum Gasteiger partial charge on any atom is 0.346 e. The summed E-state index contributed by atoms with van der Waals surface area (Å²) in [7, 11) is 0. The molecule has 0 unspecified atom stereocenters. The van der Waals surface area contributed by atoms with E-state index in [4.69, 9.17) is 66.0 Å². The fraction of sp³-hybridized carbons (Fsp3) is 0.171. The number of piperidine rings is 1. The summed E-state index contributed by atoms with van der Waals surface area (Å²) in [5, 5.41) is 12.0. The second-order valence-electron chi connectivity index (χ2n) is 12.9. The summed E-state index contributed by atoms with van der Waals surface area (Å²) < 4.78 is 7.09. The van der Waals surface area contributed by atoms with Crippen LogP contribution in [0, 0.1) is 0 Å². The third kappa shape index (κ3) is 6.19. The van der Waals surface area contributed by atoms with Gasteiger partial charge in [-0.3, -0.25) is 4.90 Å². The monoisotopic (exact) mass is 753 g/mol. The topological polar surface area (TPSA) is 55.7 Å². The number of ether oxygens (including phenoxy) is 1. The van der Waals surface area contributed by atoms with Crippen LogP contribution < -0.4 is 0 Å². The molecular formula is C41H31Cl4N3O3. The number of halogens is 4. The Morgan fingerprint density at radius 1 is 0.686 bits per heavy atom. The van der Waals surface area contributed by atoms with E-state index in [1.165, 1.54) is 0 Å². The molecule has 4 atom stereocenters. The number of hydrogen-bond acceptors (Lipinski definition) is 6. The first-order chi connectivity index (χ1) is 24.7. The zero-order valence-electron chi connectivity index (χ0n) is 27.3. The average molecular weight is 756 g/mol. The van der Waals surface area contributed by atoms with Gasteiger partial charge < -0.3 is 14.4 Å². The second kappa shape index (κ2) is 13.7. The Labute approximate surface area is 316 Å². The first-order valence-corrected chi connectivity index (χ1v) is 18.0. The fourth-order valence-corrected chi connectivity index (χ4v) is 7.70. The van der Waals surface area contributed by atoms with Gasteiger partial charge in [0.15, 0.2) is 0 Å². The lowest BCUT2D eigenvalue weighted by Crippen LogP contribution is -2.69. The lowest BCUT2D eigenvalue weighted by molar-refractivity contribution is -0.279. The van der Waals surface area contributed by atoms with Crippen LogP contribution in [0.1, 0.15) is 46.7 Å². The summed E-state index contributed by atoms with van der Waals surface area (Å²) in [4.78, 5) is 16.0. The van der Waals surface area contributed by atoms with E-state index in [0.717, 1.165) is 27.8 Å². The number of rotatable bonds is 6. The molecule has 256 valence electrons. The molecule has 0 saturated carbocycles. The van der Waals surface area contributed by atoms with Crippen molar-refractivity contribution in [2.24, 2.45) is 10.3 Å². The third-order valence-electron chi connectivity index (χ3n) is 9.81. The van der Waals surface area contributed by atoms with Gasteiger partial charge in [0, 0.05) is 49.4 Å². The molecule has 2 spiro atoms. The molecule has 8 rings (SSSR count). The summed E-state index contributed by atoms with van der Waals surface area (Å²) in [6, 6.07) is 40.7. The van der Waals surface area contributed by atoms with Crippen molar-refractivity contribution in [2.75, 3.05) is 13.1 Å². The van der Waals surface area contributed by atoms with Crippen molar-refractivity contribution in [2.45, 2.75) is 30.3 Å². The highest BCUT2D eigenvalue weighted by atomic mass is 35.5. The number of fused-ring (bicyclic) bond motifs is 1. The summed E-state index contributed by atoms with van der Waals surface area (Å²) >= 11 is 25.4. The van der Waals surface area contributed by atoms with E-state index < -0.39 is 17.3 Å². The quantitative estimate of drug-likeness (QED) is 0.173. The van der Waals surface area contributed by atoms with Gasteiger partial charge in [0.2, 0.25) is 5.60 Å². The Morgan fingerprint density at radius 3 is 1.88 bits per heavy atom. The highest BCUT2D eigenvalue weighted by Crippen LogP contribution is 2.57. The van der Waals surface area contributed by atoms with E-state index in [9.17, 15) is 0 Å². The summed E-state index contributed by atoms with van der Waals surface area (Å²) in [6.45, 7) is 3.02. The smallest absolute Gasteiger partial charge is 0.346 e. The number of benzene rings is 5. The number of oxime groups is 2. The van der Waals surface area contributed by atoms with Gasteiger partial charge in [-0.15, -0.1) is 0 Å². The number of nitrogens with zero attached hydrogens (tertiary/aromatic N) is 3. The van der Waals surface area contributed by atoms with E-state index in [0.29, 0.717) is 50.4 Å². The van der Waals surface area contributed by atoms with Crippen LogP contribution in [0.15, 0.2) is 143 Å². The molecule has 0 aromatic heterocycles. The Morgan fingerprint density at radius 2 is 1.25 bits per heavy atom. The van der Waals surface area contributed by atoms with Crippen LogP contribution in [0.4, 0.5) is 0 Å². The van der Waals surface area contributed by atoms with Gasteiger partial charge in [0.1, 0.15) is 0 Å². The third-order valence-corrected chi connectivity index (χ3v) is 10.8. The maximum absolute atomic E-state index is 7.09. The molecule has 0 aliphatic carbocycles. The zero-order valence-corrected chi connectivity index (χ0v) is 30.4. The minimum Gasteiger partial charge on any atom is -0.422 e. The van der Waals surface area contributed by atoms with Crippen molar-refractivity contribution >= 4 is 64.1 Å². The molecule has 1 saturated heterocycles. The van der Waals surface area contributed by atoms with Crippen LogP contribution in [-0.4, -0.2) is 41.0 Å². The van der Waals surface area contributed by atoms with Crippen molar-refractivity contribution in [1.29, 1.82) is 0 Å². The van der Waals surface area contributed by atoms with Crippen molar-refractivity contribution in [1.82, 2.24) is 4.90 Å². The van der Waals surface area contributed by atoms with Gasteiger partial charge in [-0.2, -0.15) is 0 Å². The molecule has 3 heterocycles. The minimum atomic E-state index is -1.57. The number of hydrogen-bond donors (Lipinski definition) is 0. The maximum atomic E-state index is 7.09. The van der Waals surface area contributed by atoms with Gasteiger partial charge in [0.25, 0.3) is 5.90 Å². The highest BCUT2D eigenvalue weighted by molar-refractivity contribution is 6.31. The first kappa shape index (κ1) is 33.8. The second-order valence-corrected chi connectivity index (χ2v) is 14.6. The standard InChI is InChI=1S/C41H31Cl4N3O3/c1-26(28-5-3-2-4-6-28)48-24-32(23-27-7-15-33(42)16-8-27)41(49-39(47-51-41)31-13-21-36(45)22-14-31)40(25-48)37(29-9-17-34(43)18-10-29)38(46-50-40)30-11-19-35(44)20-12-30/h2-23,26,37H,24-25H2,1H3/b32-23+/t26-,37+,40+,41-/m1/s1. The van der Waals surface area contributed by atoms with Gasteiger partial charge in [-0.05, 0) is 95.5 Å². The molecule has 3 aliphatic heterocycles. The molecule has 10 heteroatoms. The van der Waals surface area contributed by atoms with E-state index >= 15 is 0 Å². The van der Waals surface area contributed by atoms with E-state index in [-0.39, 0.29) is 6.04 Å². The van der Waals surface area contributed by atoms with Crippen LogP contribution in [0.25, 0.3) is 6.08 Å². The molecule has 3 aliphatic rings. The molecule has 6 nitrogen and oxygen atoms in total. The van der Waals surface area contributed by atoms with Crippen LogP contribution in [0.5, 0.6) is 0 Å². The highest BCUT2D eigenvalue weighted by Gasteiger charge is 2.74. The molecule has 1 fully saturated rings. The van der Waals surface area contributed by atoms with Gasteiger partial charge in [-0.1, -0.05) is 118 Å². The lowest BCUT2D eigenvalue weighted by Gasteiger charge is -2.52.